The van der Waals surface area contributed by atoms with E-state index >= 15 is 0 Å². The van der Waals surface area contributed by atoms with Gasteiger partial charge >= 0.3 is 0 Å². The highest BCUT2D eigenvalue weighted by Crippen LogP contribution is 1.99. The maximum atomic E-state index is 9.34. The van der Waals surface area contributed by atoms with Crippen molar-refractivity contribution in [1.82, 2.24) is 10.3 Å². The molecule has 0 aromatic carbocycles. The topological polar surface area (TPSA) is 45.1 Å². The van der Waals surface area contributed by atoms with Crippen LogP contribution in [0.2, 0.25) is 0 Å². The number of nitrogens with zero attached hydrogens (tertiary/aromatic N) is 1. The van der Waals surface area contributed by atoms with E-state index in [9.17, 15) is 5.11 Å². The highest BCUT2D eigenvalue weighted by atomic mass is 16.3. The highest BCUT2D eigenvalue weighted by molar-refractivity contribution is 5.11. The minimum atomic E-state index is -0.177. The summed E-state index contributed by atoms with van der Waals surface area (Å²) in [5, 5.41) is 12.6. The van der Waals surface area contributed by atoms with Crippen molar-refractivity contribution < 1.29 is 5.11 Å². The van der Waals surface area contributed by atoms with E-state index < -0.39 is 0 Å². The number of hydrogen-bond donors (Lipinski definition) is 2. The second-order valence-electron chi connectivity index (χ2n) is 3.85. The van der Waals surface area contributed by atoms with Crippen molar-refractivity contribution in [3.63, 3.8) is 0 Å². The number of aliphatic hydroxyl groups is 1. The van der Waals surface area contributed by atoms with Crippen LogP contribution in [0.4, 0.5) is 0 Å². The number of aliphatic hydroxyl groups excluding tert-OH is 1. The first-order valence-electron chi connectivity index (χ1n) is 5.52. The van der Waals surface area contributed by atoms with Crippen LogP contribution in [0.1, 0.15) is 31.0 Å². The Bertz CT molecular complexity index is 271. The lowest BCUT2D eigenvalue weighted by atomic mass is 10.2. The number of nitrogens with one attached hydrogen (secondary N) is 1. The minimum Gasteiger partial charge on any atom is -0.393 e. The average Bonchev–Trinajstić information content (AvgIpc) is 2.26. The maximum Gasteiger partial charge on any atom is 0.0549 e. The molecule has 0 aliphatic rings. The van der Waals surface area contributed by atoms with Crippen molar-refractivity contribution in [3.05, 3.63) is 29.6 Å². The van der Waals surface area contributed by atoms with Gasteiger partial charge in [-0.05, 0) is 37.9 Å². The van der Waals surface area contributed by atoms with E-state index in [4.69, 9.17) is 0 Å². The van der Waals surface area contributed by atoms with Crippen LogP contribution in [-0.2, 0) is 6.54 Å². The number of pyridine rings is 1. The molecule has 3 nitrogen and oxygen atoms in total. The van der Waals surface area contributed by atoms with Crippen molar-refractivity contribution in [3.8, 4) is 0 Å². The second kappa shape index (κ2) is 6.53. The fourth-order valence-corrected chi connectivity index (χ4v) is 1.29. The molecule has 0 aliphatic heterocycles. The molecule has 0 radical (unpaired) electrons. The van der Waals surface area contributed by atoms with Crippen LogP contribution in [0.3, 0.4) is 0 Å². The van der Waals surface area contributed by atoms with E-state index in [0.717, 1.165) is 31.6 Å². The molecule has 3 heteroatoms. The fourth-order valence-electron chi connectivity index (χ4n) is 1.29. The van der Waals surface area contributed by atoms with Crippen molar-refractivity contribution in [2.75, 3.05) is 6.54 Å². The molecule has 1 unspecified atom stereocenters. The van der Waals surface area contributed by atoms with E-state index in [2.05, 4.69) is 16.4 Å². The summed E-state index contributed by atoms with van der Waals surface area (Å²) in [7, 11) is 0. The molecule has 1 heterocycles. The third-order valence-electron chi connectivity index (χ3n) is 2.40. The van der Waals surface area contributed by atoms with E-state index in [1.165, 1.54) is 5.56 Å². The number of hydrogen-bond acceptors (Lipinski definition) is 3. The van der Waals surface area contributed by atoms with Crippen LogP contribution in [0.25, 0.3) is 0 Å². The Morgan fingerprint density at radius 3 is 2.87 bits per heavy atom. The van der Waals surface area contributed by atoms with Gasteiger partial charge in [0.2, 0.25) is 0 Å². The van der Waals surface area contributed by atoms with Crippen molar-refractivity contribution in [2.45, 2.75) is 39.3 Å². The van der Waals surface area contributed by atoms with Gasteiger partial charge in [-0.2, -0.15) is 0 Å². The van der Waals surface area contributed by atoms with E-state index in [1.54, 1.807) is 0 Å². The van der Waals surface area contributed by atoms with E-state index in [-0.39, 0.29) is 6.10 Å². The van der Waals surface area contributed by atoms with Crippen LogP contribution >= 0.6 is 0 Å². The van der Waals surface area contributed by atoms with Crippen LogP contribution in [0, 0.1) is 6.92 Å². The molecule has 0 saturated carbocycles. The van der Waals surface area contributed by atoms with Crippen LogP contribution in [0.15, 0.2) is 18.3 Å². The largest absolute Gasteiger partial charge is 0.393 e. The Kier molecular flexibility index (Phi) is 5.29. The summed E-state index contributed by atoms with van der Waals surface area (Å²) in [6.07, 6.45) is 3.33. The number of rotatable bonds is 6. The third-order valence-corrected chi connectivity index (χ3v) is 2.40. The first kappa shape index (κ1) is 12.1. The van der Waals surface area contributed by atoms with Gasteiger partial charge in [-0.25, -0.2) is 0 Å². The van der Waals surface area contributed by atoms with Gasteiger partial charge in [0, 0.05) is 12.7 Å². The Morgan fingerprint density at radius 2 is 2.27 bits per heavy atom. The second-order valence-corrected chi connectivity index (χ2v) is 3.85. The van der Waals surface area contributed by atoms with Gasteiger partial charge in [0.1, 0.15) is 0 Å². The van der Waals surface area contributed by atoms with Crippen LogP contribution < -0.4 is 5.32 Å². The summed E-state index contributed by atoms with van der Waals surface area (Å²) in [4.78, 5) is 4.29. The van der Waals surface area contributed by atoms with Crippen LogP contribution in [0.5, 0.6) is 0 Å². The number of aromatic nitrogens is 1. The summed E-state index contributed by atoms with van der Waals surface area (Å²) in [5.41, 5.74) is 2.23. The summed E-state index contributed by atoms with van der Waals surface area (Å²) in [5.74, 6) is 0. The molecule has 0 amide bonds. The molecule has 1 aromatic heterocycles. The van der Waals surface area contributed by atoms with Gasteiger partial charge < -0.3 is 10.4 Å². The van der Waals surface area contributed by atoms with Gasteiger partial charge in [-0.3, -0.25) is 4.98 Å². The summed E-state index contributed by atoms with van der Waals surface area (Å²) < 4.78 is 0. The van der Waals surface area contributed by atoms with Crippen molar-refractivity contribution in [2.24, 2.45) is 0 Å². The van der Waals surface area contributed by atoms with Gasteiger partial charge in [-0.1, -0.05) is 13.0 Å². The zero-order valence-electron chi connectivity index (χ0n) is 9.53. The molecule has 0 bridgehead atoms. The van der Waals surface area contributed by atoms with E-state index in [1.807, 2.05) is 26.1 Å². The zero-order chi connectivity index (χ0) is 11.1. The molecule has 0 fully saturated rings. The predicted octanol–water partition coefficient (Wildman–Crippen LogP) is 1.64. The van der Waals surface area contributed by atoms with Gasteiger partial charge in [0.25, 0.3) is 0 Å². The molecule has 15 heavy (non-hydrogen) atoms. The van der Waals surface area contributed by atoms with Crippen molar-refractivity contribution in [1.29, 1.82) is 0 Å². The molecule has 2 N–H and O–H groups in total. The quantitative estimate of drug-likeness (QED) is 0.699. The van der Waals surface area contributed by atoms with Crippen LogP contribution in [-0.4, -0.2) is 22.7 Å². The molecule has 1 rings (SSSR count). The lowest BCUT2D eigenvalue weighted by Gasteiger charge is -2.08. The molecule has 0 aliphatic carbocycles. The predicted molar refractivity (Wildman–Crippen MR) is 61.6 cm³/mol. The molecular weight excluding hydrogens is 188 g/mol. The molecule has 1 atom stereocenters. The monoisotopic (exact) mass is 208 g/mol. The number of aryl methyl sites for hydroxylation is 1. The molecule has 84 valence electrons. The smallest absolute Gasteiger partial charge is 0.0549 e. The zero-order valence-corrected chi connectivity index (χ0v) is 9.53. The Labute approximate surface area is 91.5 Å². The van der Waals surface area contributed by atoms with Gasteiger partial charge in [0.05, 0.1) is 11.8 Å². The lowest BCUT2D eigenvalue weighted by Crippen LogP contribution is -2.20. The van der Waals surface area contributed by atoms with Gasteiger partial charge in [-0.15, -0.1) is 0 Å². The standard InChI is InChI=1S/C12H20N2O/c1-3-12(15)6-7-13-9-11-5-4-10(2)8-14-11/h4-5,8,12-13,15H,3,6-7,9H2,1-2H3. The Balaban J connectivity index is 2.17. The minimum absolute atomic E-state index is 0.177. The summed E-state index contributed by atoms with van der Waals surface area (Å²) in [6, 6.07) is 4.09. The lowest BCUT2D eigenvalue weighted by molar-refractivity contribution is 0.159. The fraction of sp³-hybridized carbons (Fsp3) is 0.583. The molecule has 0 spiro atoms. The Morgan fingerprint density at radius 1 is 1.47 bits per heavy atom. The van der Waals surface area contributed by atoms with Gasteiger partial charge in [0.15, 0.2) is 0 Å². The summed E-state index contributed by atoms with van der Waals surface area (Å²) >= 11 is 0. The first-order valence-corrected chi connectivity index (χ1v) is 5.52. The SMILES string of the molecule is CCC(O)CCNCc1ccc(C)cn1. The highest BCUT2D eigenvalue weighted by Gasteiger charge is 1.99. The normalized spacial score (nSPS) is 12.7. The first-order chi connectivity index (χ1) is 7.22. The maximum absolute atomic E-state index is 9.34. The van der Waals surface area contributed by atoms with Crippen molar-refractivity contribution >= 4 is 0 Å². The average molecular weight is 208 g/mol. The molecule has 1 aromatic rings. The molecular formula is C12H20N2O. The molecule has 0 saturated heterocycles. The Hall–Kier alpha value is -0.930. The summed E-state index contributed by atoms with van der Waals surface area (Å²) in [6.45, 7) is 5.63. The van der Waals surface area contributed by atoms with E-state index in [0.29, 0.717) is 0 Å². The third kappa shape index (κ3) is 4.91.